The molecule has 3 nitrogen and oxygen atoms in total. The fourth-order valence-electron chi connectivity index (χ4n) is 3.69. The molecule has 0 aromatic heterocycles. The number of halogens is 2. The molecule has 27 heavy (non-hydrogen) atoms. The van der Waals surface area contributed by atoms with Crippen molar-refractivity contribution in [2.24, 2.45) is 0 Å². The van der Waals surface area contributed by atoms with Gasteiger partial charge >= 0.3 is 0 Å². The molecule has 1 amide bonds. The van der Waals surface area contributed by atoms with Gasteiger partial charge in [0.1, 0.15) is 0 Å². The standard InChI is InChI=1S/C22H24Cl2N2O/c1-12(2)9-21(27)26-22-13(3)10-17-16(14(22)4)6-8-20(17)25-15-5-7-18(23)19(24)11-15/h5,7,9-11,20,25H,6,8H2,1-4H3,(H,26,27). The highest BCUT2D eigenvalue weighted by atomic mass is 35.5. The summed E-state index contributed by atoms with van der Waals surface area (Å²) >= 11 is 12.2. The smallest absolute Gasteiger partial charge is 0.248 e. The van der Waals surface area contributed by atoms with E-state index in [0.29, 0.717) is 10.0 Å². The topological polar surface area (TPSA) is 41.1 Å². The Kier molecular flexibility index (Phi) is 5.83. The van der Waals surface area contributed by atoms with E-state index >= 15 is 0 Å². The summed E-state index contributed by atoms with van der Waals surface area (Å²) in [5.74, 6) is -0.0790. The zero-order chi connectivity index (χ0) is 19.7. The molecule has 1 aliphatic carbocycles. The highest BCUT2D eigenvalue weighted by Gasteiger charge is 2.26. The zero-order valence-electron chi connectivity index (χ0n) is 16.0. The number of fused-ring (bicyclic) bond motifs is 1. The fraction of sp³-hybridized carbons (Fsp3) is 0.318. The first kappa shape index (κ1) is 19.8. The Morgan fingerprint density at radius 2 is 1.89 bits per heavy atom. The number of amides is 1. The summed E-state index contributed by atoms with van der Waals surface area (Å²) in [6.45, 7) is 7.97. The lowest BCUT2D eigenvalue weighted by Crippen LogP contribution is -2.13. The molecular formula is C22H24Cl2N2O. The summed E-state index contributed by atoms with van der Waals surface area (Å²) < 4.78 is 0. The van der Waals surface area contributed by atoms with E-state index in [9.17, 15) is 4.79 Å². The Morgan fingerprint density at radius 1 is 1.15 bits per heavy atom. The van der Waals surface area contributed by atoms with Gasteiger partial charge in [-0.15, -0.1) is 0 Å². The lowest BCUT2D eigenvalue weighted by Gasteiger charge is -2.19. The van der Waals surface area contributed by atoms with Crippen molar-refractivity contribution in [2.75, 3.05) is 10.6 Å². The third-order valence-electron chi connectivity index (χ3n) is 4.93. The van der Waals surface area contributed by atoms with E-state index in [1.807, 2.05) is 32.9 Å². The largest absolute Gasteiger partial charge is 0.378 e. The summed E-state index contributed by atoms with van der Waals surface area (Å²) in [6.07, 6.45) is 3.61. The predicted octanol–water partition coefficient (Wildman–Crippen LogP) is 6.61. The molecule has 0 saturated heterocycles. The van der Waals surface area contributed by atoms with Crippen LogP contribution in [0.5, 0.6) is 0 Å². The van der Waals surface area contributed by atoms with Crippen LogP contribution in [0.2, 0.25) is 10.0 Å². The molecule has 0 fully saturated rings. The molecule has 0 heterocycles. The van der Waals surface area contributed by atoms with Crippen LogP contribution < -0.4 is 10.6 Å². The average Bonchev–Trinajstić information content (AvgIpc) is 2.97. The first-order valence-corrected chi connectivity index (χ1v) is 9.82. The fourth-order valence-corrected chi connectivity index (χ4v) is 3.99. The zero-order valence-corrected chi connectivity index (χ0v) is 17.6. The normalized spacial score (nSPS) is 15.3. The average molecular weight is 403 g/mol. The molecule has 3 rings (SSSR count). The lowest BCUT2D eigenvalue weighted by molar-refractivity contribution is -0.112. The van der Waals surface area contributed by atoms with Crippen molar-refractivity contribution in [1.29, 1.82) is 0 Å². The Hall–Kier alpha value is -1.97. The maximum atomic E-state index is 12.2. The molecule has 142 valence electrons. The first-order valence-electron chi connectivity index (χ1n) is 9.06. The Morgan fingerprint density at radius 3 is 2.56 bits per heavy atom. The SMILES string of the molecule is CC(C)=CC(=O)Nc1c(C)cc2c(c1C)CCC2Nc1ccc(Cl)c(Cl)c1. The van der Waals surface area contributed by atoms with Gasteiger partial charge in [-0.3, -0.25) is 4.79 Å². The van der Waals surface area contributed by atoms with Crippen molar-refractivity contribution >= 4 is 40.5 Å². The van der Waals surface area contributed by atoms with E-state index in [-0.39, 0.29) is 11.9 Å². The van der Waals surface area contributed by atoms with Gasteiger partial charge in [0.25, 0.3) is 0 Å². The van der Waals surface area contributed by atoms with Gasteiger partial charge in [0, 0.05) is 17.5 Å². The summed E-state index contributed by atoms with van der Waals surface area (Å²) in [5, 5.41) is 7.71. The molecule has 0 saturated carbocycles. The quantitative estimate of drug-likeness (QED) is 0.564. The van der Waals surface area contributed by atoms with Gasteiger partial charge in [0.2, 0.25) is 5.91 Å². The maximum Gasteiger partial charge on any atom is 0.248 e. The molecule has 5 heteroatoms. The molecular weight excluding hydrogens is 379 g/mol. The number of hydrogen-bond donors (Lipinski definition) is 2. The van der Waals surface area contributed by atoms with Crippen LogP contribution in [0.15, 0.2) is 35.9 Å². The number of nitrogens with one attached hydrogen (secondary N) is 2. The number of rotatable bonds is 4. The third kappa shape index (κ3) is 4.31. The summed E-state index contributed by atoms with van der Waals surface area (Å²) in [5.41, 5.74) is 7.69. The summed E-state index contributed by atoms with van der Waals surface area (Å²) in [7, 11) is 0. The predicted molar refractivity (Wildman–Crippen MR) is 115 cm³/mol. The van der Waals surface area contributed by atoms with Crippen molar-refractivity contribution in [3.63, 3.8) is 0 Å². The monoisotopic (exact) mass is 402 g/mol. The number of allylic oxidation sites excluding steroid dienone is 1. The minimum atomic E-state index is -0.0790. The second-order valence-corrected chi connectivity index (χ2v) is 8.15. The Bertz CT molecular complexity index is 930. The minimum absolute atomic E-state index is 0.0790. The van der Waals surface area contributed by atoms with Crippen LogP contribution in [-0.4, -0.2) is 5.91 Å². The Balaban J connectivity index is 1.88. The van der Waals surface area contributed by atoms with Crippen molar-refractivity contribution in [2.45, 2.75) is 46.6 Å². The molecule has 2 aromatic rings. The van der Waals surface area contributed by atoms with Crippen LogP contribution in [0.1, 0.15) is 48.6 Å². The first-order chi connectivity index (χ1) is 12.8. The molecule has 2 aromatic carbocycles. The second kappa shape index (κ2) is 7.95. The van der Waals surface area contributed by atoms with E-state index in [0.717, 1.165) is 40.9 Å². The van der Waals surface area contributed by atoms with Crippen LogP contribution in [0.4, 0.5) is 11.4 Å². The number of aryl methyl sites for hydroxylation is 1. The van der Waals surface area contributed by atoms with Gasteiger partial charge < -0.3 is 10.6 Å². The number of benzene rings is 2. The van der Waals surface area contributed by atoms with Crippen LogP contribution in [0, 0.1) is 13.8 Å². The third-order valence-corrected chi connectivity index (χ3v) is 5.67. The minimum Gasteiger partial charge on any atom is -0.378 e. The van der Waals surface area contributed by atoms with Gasteiger partial charge in [-0.2, -0.15) is 0 Å². The van der Waals surface area contributed by atoms with Crippen LogP contribution in [0.25, 0.3) is 0 Å². The number of carbonyl (C=O) groups excluding carboxylic acids is 1. The maximum absolute atomic E-state index is 12.2. The van der Waals surface area contributed by atoms with E-state index in [1.54, 1.807) is 12.1 Å². The van der Waals surface area contributed by atoms with Crippen LogP contribution in [-0.2, 0) is 11.2 Å². The van der Waals surface area contributed by atoms with Crippen LogP contribution in [0.3, 0.4) is 0 Å². The molecule has 0 radical (unpaired) electrons. The van der Waals surface area contributed by atoms with Crippen molar-refractivity contribution < 1.29 is 4.79 Å². The van der Waals surface area contributed by atoms with E-state index in [2.05, 4.69) is 23.6 Å². The van der Waals surface area contributed by atoms with Crippen molar-refractivity contribution in [3.05, 3.63) is 68.2 Å². The van der Waals surface area contributed by atoms with Crippen molar-refractivity contribution in [1.82, 2.24) is 0 Å². The van der Waals surface area contributed by atoms with Gasteiger partial charge in [-0.25, -0.2) is 0 Å². The number of hydrogen-bond acceptors (Lipinski definition) is 2. The van der Waals surface area contributed by atoms with Gasteiger partial charge in [-0.05, 0) is 81.0 Å². The van der Waals surface area contributed by atoms with E-state index < -0.39 is 0 Å². The number of anilines is 2. The molecule has 0 spiro atoms. The summed E-state index contributed by atoms with van der Waals surface area (Å²) in [6, 6.07) is 8.01. The molecule has 1 aliphatic rings. The van der Waals surface area contributed by atoms with Gasteiger partial charge in [-0.1, -0.05) is 34.8 Å². The highest BCUT2D eigenvalue weighted by Crippen LogP contribution is 2.40. The summed E-state index contributed by atoms with van der Waals surface area (Å²) in [4.78, 5) is 12.2. The molecule has 0 aliphatic heterocycles. The molecule has 0 bridgehead atoms. The van der Waals surface area contributed by atoms with Crippen LogP contribution >= 0.6 is 23.2 Å². The lowest BCUT2D eigenvalue weighted by atomic mass is 9.97. The van der Waals surface area contributed by atoms with E-state index in [4.69, 9.17) is 23.2 Å². The van der Waals surface area contributed by atoms with Crippen molar-refractivity contribution in [3.8, 4) is 0 Å². The highest BCUT2D eigenvalue weighted by molar-refractivity contribution is 6.42. The second-order valence-electron chi connectivity index (χ2n) is 7.34. The molecule has 1 unspecified atom stereocenters. The van der Waals surface area contributed by atoms with E-state index in [1.165, 1.54) is 11.1 Å². The number of carbonyl (C=O) groups is 1. The molecule has 1 atom stereocenters. The molecule has 2 N–H and O–H groups in total. The Labute approximate surface area is 170 Å². The van der Waals surface area contributed by atoms with Gasteiger partial charge in [0.15, 0.2) is 0 Å². The van der Waals surface area contributed by atoms with Gasteiger partial charge in [0.05, 0.1) is 16.1 Å².